The van der Waals surface area contributed by atoms with Crippen molar-refractivity contribution in [3.05, 3.63) is 59.7 Å². The number of rotatable bonds is 7. The molecule has 112 valence electrons. The Morgan fingerprint density at radius 3 is 2.33 bits per heavy atom. The number of methoxy groups -OCH3 is 2. The van der Waals surface area contributed by atoms with Crippen molar-refractivity contribution < 1.29 is 9.47 Å². The number of para-hydroxylation sites is 1. The third kappa shape index (κ3) is 3.76. The van der Waals surface area contributed by atoms with Crippen molar-refractivity contribution in [1.29, 1.82) is 0 Å². The first-order valence-corrected chi connectivity index (χ1v) is 7.28. The zero-order valence-electron chi connectivity index (χ0n) is 12.9. The van der Waals surface area contributed by atoms with Crippen LogP contribution >= 0.6 is 0 Å². The van der Waals surface area contributed by atoms with Gasteiger partial charge in [0.05, 0.1) is 14.2 Å². The van der Waals surface area contributed by atoms with Crippen LogP contribution in [-0.2, 0) is 6.54 Å². The van der Waals surface area contributed by atoms with E-state index in [1.54, 1.807) is 14.2 Å². The predicted octanol–water partition coefficient (Wildman–Crippen LogP) is 3.94. The Kier molecular flexibility index (Phi) is 5.64. The second-order valence-electron chi connectivity index (χ2n) is 4.91. The maximum Gasteiger partial charge on any atom is 0.165 e. The van der Waals surface area contributed by atoms with Crippen LogP contribution in [0, 0.1) is 0 Å². The Hall–Kier alpha value is -2.00. The Labute approximate surface area is 126 Å². The highest BCUT2D eigenvalue weighted by Crippen LogP contribution is 2.31. The van der Waals surface area contributed by atoms with Crippen molar-refractivity contribution in [2.75, 3.05) is 14.2 Å². The summed E-state index contributed by atoms with van der Waals surface area (Å²) in [5.74, 6) is 1.57. The molecule has 0 aliphatic carbocycles. The molecule has 1 unspecified atom stereocenters. The highest BCUT2D eigenvalue weighted by molar-refractivity contribution is 5.46. The molecule has 2 aromatic rings. The zero-order chi connectivity index (χ0) is 15.1. The zero-order valence-corrected chi connectivity index (χ0v) is 12.9. The van der Waals surface area contributed by atoms with Crippen molar-refractivity contribution in [3.8, 4) is 11.5 Å². The van der Waals surface area contributed by atoms with Crippen LogP contribution in [0.2, 0.25) is 0 Å². The Morgan fingerprint density at radius 1 is 0.952 bits per heavy atom. The quantitative estimate of drug-likeness (QED) is 0.835. The first kappa shape index (κ1) is 15.4. The SMILES string of the molecule is CCC(NCc1cccc(OC)c1OC)c1ccccc1. The lowest BCUT2D eigenvalue weighted by Crippen LogP contribution is -2.20. The topological polar surface area (TPSA) is 30.5 Å². The Bertz CT molecular complexity index is 554. The van der Waals surface area contributed by atoms with Gasteiger partial charge in [-0.1, -0.05) is 49.4 Å². The minimum Gasteiger partial charge on any atom is -0.493 e. The molecule has 3 heteroatoms. The standard InChI is InChI=1S/C18H23NO2/c1-4-16(14-9-6-5-7-10-14)19-13-15-11-8-12-17(20-2)18(15)21-3/h5-12,16,19H,4,13H2,1-3H3. The summed E-state index contributed by atoms with van der Waals surface area (Å²) in [5, 5.41) is 3.59. The summed E-state index contributed by atoms with van der Waals surface area (Å²) in [6, 6.07) is 16.8. The molecule has 3 nitrogen and oxygen atoms in total. The van der Waals surface area contributed by atoms with Gasteiger partial charge in [0.2, 0.25) is 0 Å². The number of benzene rings is 2. The monoisotopic (exact) mass is 285 g/mol. The summed E-state index contributed by atoms with van der Waals surface area (Å²) >= 11 is 0. The van der Waals surface area contributed by atoms with Gasteiger partial charge in [-0.2, -0.15) is 0 Å². The van der Waals surface area contributed by atoms with Gasteiger partial charge in [0.1, 0.15) is 0 Å². The van der Waals surface area contributed by atoms with Gasteiger partial charge in [0.15, 0.2) is 11.5 Å². The van der Waals surface area contributed by atoms with E-state index in [-0.39, 0.29) is 0 Å². The molecule has 2 aromatic carbocycles. The molecule has 0 spiro atoms. The van der Waals surface area contributed by atoms with E-state index in [1.807, 2.05) is 18.2 Å². The van der Waals surface area contributed by atoms with Gasteiger partial charge in [0, 0.05) is 18.2 Å². The second kappa shape index (κ2) is 7.70. The van der Waals surface area contributed by atoms with Crippen LogP contribution in [0.15, 0.2) is 48.5 Å². The summed E-state index contributed by atoms with van der Waals surface area (Å²) in [6.45, 7) is 2.93. The molecule has 0 saturated carbocycles. The molecule has 21 heavy (non-hydrogen) atoms. The van der Waals surface area contributed by atoms with Gasteiger partial charge in [-0.25, -0.2) is 0 Å². The van der Waals surface area contributed by atoms with E-state index in [0.29, 0.717) is 6.04 Å². The van der Waals surface area contributed by atoms with Crippen LogP contribution in [0.25, 0.3) is 0 Å². The normalized spacial score (nSPS) is 12.0. The summed E-state index contributed by atoms with van der Waals surface area (Å²) in [7, 11) is 3.34. The van der Waals surface area contributed by atoms with E-state index in [1.165, 1.54) is 5.56 Å². The van der Waals surface area contributed by atoms with Gasteiger partial charge in [-0.05, 0) is 18.1 Å². The van der Waals surface area contributed by atoms with Gasteiger partial charge in [-0.15, -0.1) is 0 Å². The van der Waals surface area contributed by atoms with E-state index in [0.717, 1.165) is 30.0 Å². The fraction of sp³-hybridized carbons (Fsp3) is 0.333. The smallest absolute Gasteiger partial charge is 0.165 e. The predicted molar refractivity (Wildman–Crippen MR) is 85.9 cm³/mol. The third-order valence-electron chi connectivity index (χ3n) is 3.63. The lowest BCUT2D eigenvalue weighted by Gasteiger charge is -2.19. The van der Waals surface area contributed by atoms with Crippen LogP contribution < -0.4 is 14.8 Å². The maximum atomic E-state index is 5.47. The molecule has 2 rings (SSSR count). The molecule has 0 heterocycles. The van der Waals surface area contributed by atoms with Crippen molar-refractivity contribution >= 4 is 0 Å². The molecular weight excluding hydrogens is 262 g/mol. The van der Waals surface area contributed by atoms with Crippen LogP contribution in [-0.4, -0.2) is 14.2 Å². The van der Waals surface area contributed by atoms with E-state index in [9.17, 15) is 0 Å². The highest BCUT2D eigenvalue weighted by atomic mass is 16.5. The van der Waals surface area contributed by atoms with Crippen LogP contribution in [0.3, 0.4) is 0 Å². The summed E-state index contributed by atoms with van der Waals surface area (Å²) in [6.07, 6.45) is 1.04. The number of hydrogen-bond acceptors (Lipinski definition) is 3. The molecule has 0 amide bonds. The van der Waals surface area contributed by atoms with E-state index in [4.69, 9.17) is 9.47 Å². The van der Waals surface area contributed by atoms with E-state index < -0.39 is 0 Å². The Balaban J connectivity index is 2.12. The molecule has 1 N–H and O–H groups in total. The highest BCUT2D eigenvalue weighted by Gasteiger charge is 2.12. The lowest BCUT2D eigenvalue weighted by molar-refractivity contribution is 0.349. The minimum atomic E-state index is 0.335. The van der Waals surface area contributed by atoms with Gasteiger partial charge in [-0.3, -0.25) is 0 Å². The van der Waals surface area contributed by atoms with E-state index in [2.05, 4.69) is 42.6 Å². The lowest BCUT2D eigenvalue weighted by atomic mass is 10.0. The fourth-order valence-corrected chi connectivity index (χ4v) is 2.51. The minimum absolute atomic E-state index is 0.335. The second-order valence-corrected chi connectivity index (χ2v) is 4.91. The number of hydrogen-bond donors (Lipinski definition) is 1. The third-order valence-corrected chi connectivity index (χ3v) is 3.63. The maximum absolute atomic E-state index is 5.47. The molecule has 1 atom stereocenters. The number of ether oxygens (including phenoxy) is 2. The molecule has 0 aliphatic heterocycles. The van der Waals surface area contributed by atoms with Crippen molar-refractivity contribution in [1.82, 2.24) is 5.32 Å². The van der Waals surface area contributed by atoms with E-state index >= 15 is 0 Å². The fourth-order valence-electron chi connectivity index (χ4n) is 2.51. The summed E-state index contributed by atoms with van der Waals surface area (Å²) in [5.41, 5.74) is 2.41. The first-order valence-electron chi connectivity index (χ1n) is 7.28. The van der Waals surface area contributed by atoms with Crippen LogP contribution in [0.5, 0.6) is 11.5 Å². The average Bonchev–Trinajstić information content (AvgIpc) is 2.56. The molecule has 0 bridgehead atoms. The molecular formula is C18H23NO2. The molecule has 0 radical (unpaired) electrons. The largest absolute Gasteiger partial charge is 0.493 e. The van der Waals surface area contributed by atoms with Gasteiger partial charge in [0.25, 0.3) is 0 Å². The van der Waals surface area contributed by atoms with Crippen LogP contribution in [0.4, 0.5) is 0 Å². The molecule has 0 fully saturated rings. The van der Waals surface area contributed by atoms with Crippen molar-refractivity contribution in [3.63, 3.8) is 0 Å². The Morgan fingerprint density at radius 2 is 1.71 bits per heavy atom. The van der Waals surface area contributed by atoms with Crippen molar-refractivity contribution in [2.45, 2.75) is 25.9 Å². The number of nitrogens with one attached hydrogen (secondary N) is 1. The van der Waals surface area contributed by atoms with Crippen LogP contribution in [0.1, 0.15) is 30.5 Å². The summed E-state index contributed by atoms with van der Waals surface area (Å²) < 4.78 is 10.8. The van der Waals surface area contributed by atoms with Crippen molar-refractivity contribution in [2.24, 2.45) is 0 Å². The molecule has 0 aliphatic rings. The molecule has 0 aromatic heterocycles. The van der Waals surface area contributed by atoms with Gasteiger partial charge >= 0.3 is 0 Å². The summed E-state index contributed by atoms with van der Waals surface area (Å²) in [4.78, 5) is 0. The first-order chi connectivity index (χ1) is 10.3. The van der Waals surface area contributed by atoms with Gasteiger partial charge < -0.3 is 14.8 Å². The molecule has 0 saturated heterocycles. The average molecular weight is 285 g/mol.